The number of anilines is 1. The first-order chi connectivity index (χ1) is 17.6. The Labute approximate surface area is 215 Å². The maximum atomic E-state index is 13.4. The van der Waals surface area contributed by atoms with Gasteiger partial charge in [-0.1, -0.05) is 36.4 Å². The molecule has 186 valence electrons. The number of fused-ring (bicyclic) bond motifs is 1. The number of carbonyl (C=O) groups is 1. The van der Waals surface area contributed by atoms with Gasteiger partial charge >= 0.3 is 0 Å². The molecule has 0 atom stereocenters. The summed E-state index contributed by atoms with van der Waals surface area (Å²) in [7, 11) is 0. The summed E-state index contributed by atoms with van der Waals surface area (Å²) in [6.45, 7) is 2.83. The molecule has 0 spiro atoms. The summed E-state index contributed by atoms with van der Waals surface area (Å²) in [4.78, 5) is 21.3. The van der Waals surface area contributed by atoms with Gasteiger partial charge in [0.25, 0.3) is 0 Å². The zero-order chi connectivity index (χ0) is 24.9. The van der Waals surface area contributed by atoms with Crippen LogP contribution in [0.1, 0.15) is 24.0 Å². The van der Waals surface area contributed by atoms with Crippen LogP contribution in [0.25, 0.3) is 11.0 Å². The number of imidazole rings is 1. The number of rotatable bonds is 8. The van der Waals surface area contributed by atoms with Gasteiger partial charge in [-0.15, -0.1) is 11.8 Å². The van der Waals surface area contributed by atoms with Crippen LogP contribution < -0.4 is 10.2 Å². The molecule has 2 heterocycles. The molecule has 1 fully saturated rings. The Morgan fingerprint density at radius 3 is 2.42 bits per heavy atom. The molecule has 0 saturated carbocycles. The van der Waals surface area contributed by atoms with E-state index in [1.54, 1.807) is 11.8 Å². The number of carbonyl (C=O) groups excluding carboxylic acids is 1. The number of piperidine rings is 1. The Bertz CT molecular complexity index is 1310. The first-order valence-corrected chi connectivity index (χ1v) is 13.7. The summed E-state index contributed by atoms with van der Waals surface area (Å²) in [5.74, 6) is 0.849. The minimum absolute atomic E-state index is 0.0232. The lowest BCUT2D eigenvalue weighted by Crippen LogP contribution is -2.42. The van der Waals surface area contributed by atoms with Crippen LogP contribution in [-0.4, -0.2) is 41.3 Å². The zero-order valence-corrected chi connectivity index (χ0v) is 21.3. The summed E-state index contributed by atoms with van der Waals surface area (Å²) < 4.78 is 15.6. The third-order valence-corrected chi connectivity index (χ3v) is 7.65. The second kappa shape index (κ2) is 11.2. The Morgan fingerprint density at radius 2 is 1.69 bits per heavy atom. The molecular formula is C29H31FN4OS. The fourth-order valence-electron chi connectivity index (χ4n) is 4.84. The van der Waals surface area contributed by atoms with Gasteiger partial charge in [-0.3, -0.25) is 4.79 Å². The van der Waals surface area contributed by atoms with E-state index >= 15 is 0 Å². The Kier molecular flexibility index (Phi) is 7.56. The Morgan fingerprint density at radius 1 is 1.00 bits per heavy atom. The molecule has 5 nitrogen and oxygen atoms in total. The highest BCUT2D eigenvalue weighted by atomic mass is 32.2. The molecular weight excluding hydrogens is 471 g/mol. The maximum absolute atomic E-state index is 13.4. The second-order valence-electron chi connectivity index (χ2n) is 9.26. The quantitative estimate of drug-likeness (QED) is 0.322. The van der Waals surface area contributed by atoms with Gasteiger partial charge in [0, 0.05) is 30.4 Å². The number of nitrogens with one attached hydrogen (secondary N) is 1. The van der Waals surface area contributed by atoms with Crippen LogP contribution in [0.2, 0.25) is 0 Å². The standard InChI is InChI=1S/C29H31FN4OS/c1-36-25-12-8-21(9-13-25)14-17-31-28(35)23-15-18-33(19-16-23)29-32-26-4-2-3-5-27(26)34(29)20-22-6-10-24(30)11-7-22/h2-13,23H,14-20H2,1H3,(H,31,35). The predicted octanol–water partition coefficient (Wildman–Crippen LogP) is 5.52. The first kappa shape index (κ1) is 24.4. The molecule has 1 aliphatic rings. The molecule has 5 rings (SSSR count). The van der Waals surface area contributed by atoms with Crippen LogP contribution in [0.4, 0.5) is 10.3 Å². The number of thioether (sulfide) groups is 1. The van der Waals surface area contributed by atoms with Gasteiger partial charge in [0.2, 0.25) is 11.9 Å². The van der Waals surface area contributed by atoms with Gasteiger partial charge in [-0.05, 0) is 73.0 Å². The molecule has 1 aliphatic heterocycles. The number of aromatic nitrogens is 2. The fourth-order valence-corrected chi connectivity index (χ4v) is 5.25. The average molecular weight is 503 g/mol. The fraction of sp³-hybridized carbons (Fsp3) is 0.310. The Hall–Kier alpha value is -3.32. The lowest BCUT2D eigenvalue weighted by atomic mass is 9.96. The summed E-state index contributed by atoms with van der Waals surface area (Å²) in [5.41, 5.74) is 4.27. The van der Waals surface area contributed by atoms with Gasteiger partial charge in [0.05, 0.1) is 17.6 Å². The first-order valence-electron chi connectivity index (χ1n) is 12.5. The van der Waals surface area contributed by atoms with Crippen molar-refractivity contribution in [3.8, 4) is 0 Å². The molecule has 0 radical (unpaired) electrons. The van der Waals surface area contributed by atoms with Gasteiger partial charge in [-0.25, -0.2) is 9.37 Å². The number of nitrogens with zero attached hydrogens (tertiary/aromatic N) is 3. The smallest absolute Gasteiger partial charge is 0.223 e. The minimum Gasteiger partial charge on any atom is -0.356 e. The summed E-state index contributed by atoms with van der Waals surface area (Å²) >= 11 is 1.73. The van der Waals surface area contributed by atoms with Gasteiger partial charge in [0.1, 0.15) is 5.82 Å². The largest absolute Gasteiger partial charge is 0.356 e. The third kappa shape index (κ3) is 5.57. The molecule has 36 heavy (non-hydrogen) atoms. The monoisotopic (exact) mass is 502 g/mol. The number of hydrogen-bond acceptors (Lipinski definition) is 4. The third-order valence-electron chi connectivity index (χ3n) is 6.91. The van der Waals surface area contributed by atoms with E-state index in [1.807, 2.05) is 30.3 Å². The van der Waals surface area contributed by atoms with Crippen molar-refractivity contribution in [3.63, 3.8) is 0 Å². The van der Waals surface area contributed by atoms with E-state index in [-0.39, 0.29) is 17.6 Å². The van der Waals surface area contributed by atoms with E-state index in [0.29, 0.717) is 13.1 Å². The normalized spacial score (nSPS) is 14.3. The van der Waals surface area contributed by atoms with E-state index in [0.717, 1.165) is 54.9 Å². The second-order valence-corrected chi connectivity index (χ2v) is 10.1. The molecule has 1 aromatic heterocycles. The van der Waals surface area contributed by atoms with Crippen molar-refractivity contribution in [1.29, 1.82) is 0 Å². The molecule has 1 N–H and O–H groups in total. The SMILES string of the molecule is CSc1ccc(CCNC(=O)C2CCN(c3nc4ccccc4n3Cc3ccc(F)cc3)CC2)cc1. The topological polar surface area (TPSA) is 50.2 Å². The molecule has 7 heteroatoms. The predicted molar refractivity (Wildman–Crippen MR) is 145 cm³/mol. The lowest BCUT2D eigenvalue weighted by Gasteiger charge is -2.32. The summed E-state index contributed by atoms with van der Waals surface area (Å²) in [6, 6.07) is 23.3. The summed E-state index contributed by atoms with van der Waals surface area (Å²) in [6.07, 6.45) is 4.51. The average Bonchev–Trinajstić information content (AvgIpc) is 3.28. The number of amides is 1. The van der Waals surface area contributed by atoms with Crippen molar-refractivity contribution in [2.45, 2.75) is 30.7 Å². The van der Waals surface area contributed by atoms with Crippen molar-refractivity contribution in [2.24, 2.45) is 5.92 Å². The molecule has 3 aromatic carbocycles. The molecule has 0 unspecified atom stereocenters. The van der Waals surface area contributed by atoms with Gasteiger partial charge in [0.15, 0.2) is 0 Å². The van der Waals surface area contributed by atoms with E-state index in [4.69, 9.17) is 4.98 Å². The van der Waals surface area contributed by atoms with Gasteiger partial charge < -0.3 is 14.8 Å². The number of benzene rings is 3. The molecule has 4 aromatic rings. The lowest BCUT2D eigenvalue weighted by molar-refractivity contribution is -0.125. The molecule has 1 saturated heterocycles. The highest BCUT2D eigenvalue weighted by Gasteiger charge is 2.27. The molecule has 0 bridgehead atoms. The van der Waals surface area contributed by atoms with Crippen LogP contribution in [0.3, 0.4) is 0 Å². The highest BCUT2D eigenvalue weighted by Crippen LogP contribution is 2.28. The number of hydrogen-bond donors (Lipinski definition) is 1. The van der Waals surface area contributed by atoms with Gasteiger partial charge in [-0.2, -0.15) is 0 Å². The summed E-state index contributed by atoms with van der Waals surface area (Å²) in [5, 5.41) is 3.14. The van der Waals surface area contributed by atoms with Crippen LogP contribution >= 0.6 is 11.8 Å². The van der Waals surface area contributed by atoms with E-state index < -0.39 is 0 Å². The van der Waals surface area contributed by atoms with Crippen LogP contribution in [0, 0.1) is 11.7 Å². The zero-order valence-electron chi connectivity index (χ0n) is 20.5. The van der Waals surface area contributed by atoms with E-state index in [1.165, 1.54) is 22.6 Å². The van der Waals surface area contributed by atoms with Crippen molar-refractivity contribution < 1.29 is 9.18 Å². The van der Waals surface area contributed by atoms with Crippen LogP contribution in [0.5, 0.6) is 0 Å². The highest BCUT2D eigenvalue weighted by molar-refractivity contribution is 7.98. The number of halogens is 1. The van der Waals surface area contributed by atoms with E-state index in [9.17, 15) is 9.18 Å². The van der Waals surface area contributed by atoms with Crippen LogP contribution in [-0.2, 0) is 17.8 Å². The minimum atomic E-state index is -0.233. The van der Waals surface area contributed by atoms with Crippen molar-refractivity contribution in [3.05, 3.63) is 89.7 Å². The van der Waals surface area contributed by atoms with Crippen LogP contribution in [0.15, 0.2) is 77.7 Å². The number of para-hydroxylation sites is 2. The van der Waals surface area contributed by atoms with Crippen molar-refractivity contribution in [2.75, 3.05) is 30.8 Å². The van der Waals surface area contributed by atoms with Crippen molar-refractivity contribution >= 4 is 34.7 Å². The van der Waals surface area contributed by atoms with E-state index in [2.05, 4.69) is 51.4 Å². The Balaban J connectivity index is 1.21. The van der Waals surface area contributed by atoms with Crippen molar-refractivity contribution in [1.82, 2.24) is 14.9 Å². The maximum Gasteiger partial charge on any atom is 0.223 e. The molecule has 0 aliphatic carbocycles. The molecule has 1 amide bonds.